The Morgan fingerprint density at radius 1 is 1.10 bits per heavy atom. The van der Waals surface area contributed by atoms with Gasteiger partial charge in [-0.3, -0.25) is 0 Å². The zero-order valence-electron chi connectivity index (χ0n) is 17.3. The van der Waals surface area contributed by atoms with E-state index in [9.17, 15) is 9.90 Å². The van der Waals surface area contributed by atoms with Gasteiger partial charge in [0.25, 0.3) is 0 Å². The van der Waals surface area contributed by atoms with Crippen LogP contribution in [0.1, 0.15) is 32.8 Å². The average Bonchev–Trinajstić information content (AvgIpc) is 2.70. The van der Waals surface area contributed by atoms with E-state index in [1.165, 1.54) is 5.56 Å². The number of nitrogens with zero attached hydrogens (tertiary/aromatic N) is 2. The number of nitrogens with one attached hydrogen (secondary N) is 1. The number of fused-ring (bicyclic) bond motifs is 1. The van der Waals surface area contributed by atoms with Gasteiger partial charge in [-0.05, 0) is 41.5 Å². The maximum atomic E-state index is 11.7. The minimum atomic E-state index is -0.877. The number of carboxylic acid groups (broad SMARTS) is 1. The molecule has 0 spiro atoms. The van der Waals surface area contributed by atoms with Crippen molar-refractivity contribution in [2.24, 2.45) is 0 Å². The minimum Gasteiger partial charge on any atom is -0.480 e. The van der Waals surface area contributed by atoms with Gasteiger partial charge in [-0.1, -0.05) is 57.2 Å². The Labute approximate surface area is 176 Å². The molecular weight excluding hydrogens is 382 g/mol. The van der Waals surface area contributed by atoms with Crippen molar-refractivity contribution in [3.05, 3.63) is 54.1 Å². The van der Waals surface area contributed by atoms with Crippen LogP contribution < -0.4 is 5.32 Å². The van der Waals surface area contributed by atoms with Gasteiger partial charge in [-0.25, -0.2) is 14.8 Å². The van der Waals surface area contributed by atoms with Gasteiger partial charge in [0, 0.05) is 10.9 Å². The van der Waals surface area contributed by atoms with Crippen LogP contribution in [0.2, 0.25) is 0 Å². The predicted molar refractivity (Wildman–Crippen MR) is 122 cm³/mol. The maximum absolute atomic E-state index is 11.7. The van der Waals surface area contributed by atoms with E-state index < -0.39 is 12.0 Å². The monoisotopic (exact) mass is 409 g/mol. The Morgan fingerprint density at radius 2 is 1.79 bits per heavy atom. The van der Waals surface area contributed by atoms with E-state index in [1.807, 2.05) is 42.7 Å². The number of aliphatic carboxylic acids is 1. The summed E-state index contributed by atoms with van der Waals surface area (Å²) in [6, 6.07) is 15.2. The molecule has 0 saturated carbocycles. The van der Waals surface area contributed by atoms with Crippen molar-refractivity contribution in [3.8, 4) is 11.4 Å². The third-order valence-corrected chi connectivity index (χ3v) is 5.48. The number of hydrogen-bond donors (Lipinski definition) is 2. The summed E-state index contributed by atoms with van der Waals surface area (Å²) in [5, 5.41) is 13.6. The lowest BCUT2D eigenvalue weighted by atomic mass is 9.87. The highest BCUT2D eigenvalue weighted by atomic mass is 32.2. The van der Waals surface area contributed by atoms with Crippen molar-refractivity contribution in [3.63, 3.8) is 0 Å². The molecule has 1 unspecified atom stereocenters. The number of carboxylic acids is 1. The van der Waals surface area contributed by atoms with E-state index in [-0.39, 0.29) is 5.41 Å². The second kappa shape index (κ2) is 8.82. The van der Waals surface area contributed by atoms with Crippen LogP contribution in [-0.2, 0) is 10.2 Å². The molecule has 0 radical (unpaired) electrons. The molecule has 0 aliphatic carbocycles. The minimum absolute atomic E-state index is 0.0709. The topological polar surface area (TPSA) is 75.1 Å². The van der Waals surface area contributed by atoms with Crippen molar-refractivity contribution < 1.29 is 9.90 Å². The number of para-hydroxylation sites is 1. The summed E-state index contributed by atoms with van der Waals surface area (Å²) < 4.78 is 0. The van der Waals surface area contributed by atoms with E-state index in [2.05, 4.69) is 38.2 Å². The Hall–Kier alpha value is -2.60. The quantitative estimate of drug-likeness (QED) is 0.558. The molecular formula is C23H27N3O2S. The Balaban J connectivity index is 2.03. The van der Waals surface area contributed by atoms with Crippen LogP contribution in [0.4, 0.5) is 5.82 Å². The summed E-state index contributed by atoms with van der Waals surface area (Å²) in [7, 11) is 0. The molecule has 1 aromatic heterocycles. The highest BCUT2D eigenvalue weighted by Crippen LogP contribution is 2.28. The van der Waals surface area contributed by atoms with Gasteiger partial charge in [0.2, 0.25) is 0 Å². The zero-order valence-corrected chi connectivity index (χ0v) is 18.1. The second-order valence-electron chi connectivity index (χ2n) is 8.06. The van der Waals surface area contributed by atoms with E-state index >= 15 is 0 Å². The third-order valence-electron chi connectivity index (χ3n) is 4.83. The van der Waals surface area contributed by atoms with Crippen LogP contribution in [0.3, 0.4) is 0 Å². The summed E-state index contributed by atoms with van der Waals surface area (Å²) in [5.41, 5.74) is 3.00. The number of rotatable bonds is 7. The van der Waals surface area contributed by atoms with Gasteiger partial charge in [0.15, 0.2) is 5.82 Å². The third kappa shape index (κ3) is 5.07. The van der Waals surface area contributed by atoms with Gasteiger partial charge < -0.3 is 10.4 Å². The van der Waals surface area contributed by atoms with E-state index in [4.69, 9.17) is 9.97 Å². The number of hydrogen-bond acceptors (Lipinski definition) is 5. The zero-order chi connectivity index (χ0) is 21.0. The van der Waals surface area contributed by atoms with Crippen LogP contribution in [0.15, 0.2) is 48.5 Å². The molecule has 0 amide bonds. The summed E-state index contributed by atoms with van der Waals surface area (Å²) in [5.74, 6) is 1.02. The molecule has 2 aromatic carbocycles. The highest BCUT2D eigenvalue weighted by molar-refractivity contribution is 7.98. The maximum Gasteiger partial charge on any atom is 0.326 e. The highest BCUT2D eigenvalue weighted by Gasteiger charge is 2.20. The van der Waals surface area contributed by atoms with Gasteiger partial charge in [-0.15, -0.1) is 0 Å². The molecule has 152 valence electrons. The predicted octanol–water partition coefficient (Wildman–Crippen LogP) is 5.21. The summed E-state index contributed by atoms with van der Waals surface area (Å²) in [6.45, 7) is 6.53. The van der Waals surface area contributed by atoms with Crippen LogP contribution >= 0.6 is 11.8 Å². The van der Waals surface area contributed by atoms with Crippen molar-refractivity contribution in [2.75, 3.05) is 17.3 Å². The molecule has 0 aliphatic rings. The fourth-order valence-electron chi connectivity index (χ4n) is 3.09. The molecule has 6 heteroatoms. The SMILES string of the molecule is CSCCC(Nc1nc(-c2ccc(C(C)(C)C)cc2)nc2ccccc12)C(=O)O. The molecule has 0 aliphatic heterocycles. The number of thioether (sulfide) groups is 1. The van der Waals surface area contributed by atoms with Crippen molar-refractivity contribution in [1.29, 1.82) is 0 Å². The van der Waals surface area contributed by atoms with Gasteiger partial charge >= 0.3 is 5.97 Å². The van der Waals surface area contributed by atoms with E-state index in [1.54, 1.807) is 11.8 Å². The molecule has 0 fully saturated rings. The molecule has 3 rings (SSSR count). The standard InChI is InChI=1S/C23H27N3O2S/c1-23(2,3)16-11-9-15(10-12-16)20-24-18-8-6-5-7-17(18)21(26-20)25-19(22(27)28)13-14-29-4/h5-12,19H,13-14H2,1-4H3,(H,27,28)(H,24,25,26). The number of anilines is 1. The summed E-state index contributed by atoms with van der Waals surface area (Å²) >= 11 is 1.63. The van der Waals surface area contributed by atoms with Gasteiger partial charge in [-0.2, -0.15) is 11.8 Å². The normalized spacial score (nSPS) is 12.7. The molecule has 29 heavy (non-hydrogen) atoms. The van der Waals surface area contributed by atoms with Crippen LogP contribution in [0.5, 0.6) is 0 Å². The van der Waals surface area contributed by atoms with Crippen LogP contribution in [-0.4, -0.2) is 39.1 Å². The van der Waals surface area contributed by atoms with Crippen molar-refractivity contribution in [1.82, 2.24) is 9.97 Å². The van der Waals surface area contributed by atoms with Crippen molar-refractivity contribution in [2.45, 2.75) is 38.6 Å². The lowest BCUT2D eigenvalue weighted by Gasteiger charge is -2.19. The first-order valence-electron chi connectivity index (χ1n) is 9.65. The average molecular weight is 410 g/mol. The lowest BCUT2D eigenvalue weighted by molar-refractivity contribution is -0.137. The molecule has 0 saturated heterocycles. The largest absolute Gasteiger partial charge is 0.480 e. The number of carbonyl (C=O) groups is 1. The first-order valence-corrected chi connectivity index (χ1v) is 11.0. The Morgan fingerprint density at radius 3 is 2.41 bits per heavy atom. The second-order valence-corrected chi connectivity index (χ2v) is 9.04. The molecule has 1 atom stereocenters. The number of aromatic nitrogens is 2. The molecule has 3 aromatic rings. The molecule has 1 heterocycles. The molecule has 5 nitrogen and oxygen atoms in total. The lowest BCUT2D eigenvalue weighted by Crippen LogP contribution is -2.30. The van der Waals surface area contributed by atoms with Crippen LogP contribution in [0, 0.1) is 0 Å². The fraction of sp³-hybridized carbons (Fsp3) is 0.348. The smallest absolute Gasteiger partial charge is 0.326 e. The van der Waals surface area contributed by atoms with E-state index in [0.29, 0.717) is 18.1 Å². The first kappa shape index (κ1) is 21.1. The summed E-state index contributed by atoms with van der Waals surface area (Å²) in [6.07, 6.45) is 2.49. The van der Waals surface area contributed by atoms with Crippen LogP contribution in [0.25, 0.3) is 22.3 Å². The fourth-order valence-corrected chi connectivity index (χ4v) is 3.56. The Kier molecular flexibility index (Phi) is 6.42. The first-order chi connectivity index (χ1) is 13.8. The van der Waals surface area contributed by atoms with Crippen molar-refractivity contribution >= 4 is 34.5 Å². The van der Waals surface area contributed by atoms with Gasteiger partial charge in [0.1, 0.15) is 11.9 Å². The number of benzene rings is 2. The van der Waals surface area contributed by atoms with E-state index in [0.717, 1.165) is 22.2 Å². The Bertz CT molecular complexity index is 997. The molecule has 2 N–H and O–H groups in total. The van der Waals surface area contributed by atoms with Gasteiger partial charge in [0.05, 0.1) is 5.52 Å². The summed E-state index contributed by atoms with van der Waals surface area (Å²) in [4.78, 5) is 21.1. The molecule has 0 bridgehead atoms.